The van der Waals surface area contributed by atoms with Crippen molar-refractivity contribution < 1.29 is 9.53 Å². The Morgan fingerprint density at radius 3 is 2.64 bits per heavy atom. The molecule has 2 atom stereocenters. The summed E-state index contributed by atoms with van der Waals surface area (Å²) in [7, 11) is 1.44. The van der Waals surface area contributed by atoms with Crippen molar-refractivity contribution >= 4 is 5.97 Å². The summed E-state index contributed by atoms with van der Waals surface area (Å²) in [6, 6.07) is 19.5. The van der Waals surface area contributed by atoms with Crippen molar-refractivity contribution in [3.63, 3.8) is 0 Å². The first-order chi connectivity index (χ1) is 13.7. The first-order valence-corrected chi connectivity index (χ1v) is 10.7. The monoisotopic (exact) mass is 379 g/mol. The lowest BCUT2D eigenvalue weighted by molar-refractivity contribution is 0.0600. The maximum Gasteiger partial charge on any atom is 0.337 e. The molecule has 0 aliphatic carbocycles. The molecule has 0 spiro atoms. The van der Waals surface area contributed by atoms with E-state index in [0.29, 0.717) is 17.5 Å². The highest BCUT2D eigenvalue weighted by atomic mass is 16.5. The zero-order valence-corrected chi connectivity index (χ0v) is 17.3. The number of hydrogen-bond acceptors (Lipinski definition) is 3. The molecule has 2 unspecified atom stereocenters. The van der Waals surface area contributed by atoms with Gasteiger partial charge in [-0.2, -0.15) is 0 Å². The number of nitrogens with zero attached hydrogens (tertiary/aromatic N) is 1. The smallest absolute Gasteiger partial charge is 0.337 e. The molecule has 1 aliphatic heterocycles. The van der Waals surface area contributed by atoms with E-state index in [1.807, 2.05) is 18.2 Å². The molecule has 0 saturated carbocycles. The first-order valence-electron chi connectivity index (χ1n) is 10.7. The van der Waals surface area contributed by atoms with E-state index in [2.05, 4.69) is 48.2 Å². The highest BCUT2D eigenvalue weighted by Gasteiger charge is 2.23. The molecule has 1 fully saturated rings. The zero-order valence-electron chi connectivity index (χ0n) is 17.3. The van der Waals surface area contributed by atoms with Crippen molar-refractivity contribution in [3.05, 3.63) is 71.3 Å². The molecule has 0 aromatic heterocycles. The number of carbonyl (C=O) groups is 1. The Hall–Kier alpha value is -2.13. The molecule has 150 valence electrons. The van der Waals surface area contributed by atoms with Gasteiger partial charge >= 0.3 is 5.97 Å². The molecule has 1 aliphatic rings. The summed E-state index contributed by atoms with van der Waals surface area (Å²) >= 11 is 0. The third kappa shape index (κ3) is 5.45. The lowest BCUT2D eigenvalue weighted by Crippen LogP contribution is -2.39. The normalized spacial score (nSPS) is 20.9. The van der Waals surface area contributed by atoms with E-state index in [1.54, 1.807) is 0 Å². The molecule has 3 heteroatoms. The molecule has 1 saturated heterocycles. The Kier molecular flexibility index (Phi) is 7.67. The van der Waals surface area contributed by atoms with Gasteiger partial charge in [0, 0.05) is 12.6 Å². The maximum atomic E-state index is 11.9. The molecule has 2 aromatic rings. The summed E-state index contributed by atoms with van der Waals surface area (Å²) in [5.41, 5.74) is 3.36. The second-order valence-corrected chi connectivity index (χ2v) is 7.87. The predicted octanol–water partition coefficient (Wildman–Crippen LogP) is 5.45. The summed E-state index contributed by atoms with van der Waals surface area (Å²) in [6.45, 7) is 4.56. The Bertz CT molecular complexity index is 743. The van der Waals surface area contributed by atoms with Crippen LogP contribution in [-0.4, -0.2) is 37.1 Å². The van der Waals surface area contributed by atoms with Crippen LogP contribution in [0.2, 0.25) is 0 Å². The molecule has 3 rings (SSSR count). The number of hydrogen-bond donors (Lipinski definition) is 0. The first kappa shape index (κ1) is 20.6. The van der Waals surface area contributed by atoms with E-state index in [-0.39, 0.29) is 5.97 Å². The maximum absolute atomic E-state index is 11.9. The van der Waals surface area contributed by atoms with E-state index in [9.17, 15) is 4.79 Å². The number of methoxy groups -OCH3 is 1. The fraction of sp³-hybridized carbons (Fsp3) is 0.480. The van der Waals surface area contributed by atoms with Gasteiger partial charge in [-0.05, 0) is 67.8 Å². The third-order valence-corrected chi connectivity index (χ3v) is 6.15. The Morgan fingerprint density at radius 1 is 1.07 bits per heavy atom. The molecular formula is C25H33NO2. The fourth-order valence-electron chi connectivity index (χ4n) is 4.48. The SMILES string of the molecule is CCC1CCCC(c2cccc(C(=O)OC)c2)CCN1CCc1ccccc1. The molecular weight excluding hydrogens is 346 g/mol. The minimum Gasteiger partial charge on any atom is -0.465 e. The molecule has 0 bridgehead atoms. The quantitative estimate of drug-likeness (QED) is 0.625. The second-order valence-electron chi connectivity index (χ2n) is 7.87. The summed E-state index contributed by atoms with van der Waals surface area (Å²) < 4.78 is 4.90. The summed E-state index contributed by atoms with van der Waals surface area (Å²) in [5, 5.41) is 0. The lowest BCUT2D eigenvalue weighted by Gasteiger charge is -2.35. The van der Waals surface area contributed by atoms with Crippen LogP contribution in [0, 0.1) is 0 Å². The van der Waals surface area contributed by atoms with E-state index in [4.69, 9.17) is 4.74 Å². The van der Waals surface area contributed by atoms with Crippen molar-refractivity contribution in [2.75, 3.05) is 20.2 Å². The average molecular weight is 380 g/mol. The van der Waals surface area contributed by atoms with Crippen LogP contribution in [0.3, 0.4) is 0 Å². The van der Waals surface area contributed by atoms with Crippen molar-refractivity contribution in [3.8, 4) is 0 Å². The van der Waals surface area contributed by atoms with E-state index in [0.717, 1.165) is 25.9 Å². The molecule has 1 heterocycles. The van der Waals surface area contributed by atoms with Crippen molar-refractivity contribution in [1.82, 2.24) is 4.90 Å². The molecule has 0 amide bonds. The van der Waals surface area contributed by atoms with Gasteiger partial charge in [-0.3, -0.25) is 0 Å². The van der Waals surface area contributed by atoms with Gasteiger partial charge < -0.3 is 9.64 Å². The molecule has 0 N–H and O–H groups in total. The van der Waals surface area contributed by atoms with Crippen molar-refractivity contribution in [2.45, 2.75) is 57.4 Å². The molecule has 2 aromatic carbocycles. The molecule has 3 nitrogen and oxygen atoms in total. The largest absolute Gasteiger partial charge is 0.465 e. The third-order valence-electron chi connectivity index (χ3n) is 6.15. The summed E-state index contributed by atoms with van der Waals surface area (Å²) in [4.78, 5) is 14.6. The Morgan fingerprint density at radius 2 is 1.89 bits per heavy atom. The Labute approximate surface area is 169 Å². The summed E-state index contributed by atoms with van der Waals surface area (Å²) in [5.74, 6) is 0.268. The number of likely N-dealkylation sites (tertiary alicyclic amines) is 1. The average Bonchev–Trinajstić information content (AvgIpc) is 2.73. The van der Waals surface area contributed by atoms with E-state index < -0.39 is 0 Å². The van der Waals surface area contributed by atoms with Crippen LogP contribution in [0.5, 0.6) is 0 Å². The summed E-state index contributed by atoms with van der Waals surface area (Å²) in [6.07, 6.45) is 7.19. The van der Waals surface area contributed by atoms with Crippen LogP contribution in [0.25, 0.3) is 0 Å². The fourth-order valence-corrected chi connectivity index (χ4v) is 4.48. The number of rotatable bonds is 6. The van der Waals surface area contributed by atoms with Gasteiger partial charge in [0.25, 0.3) is 0 Å². The number of carbonyl (C=O) groups excluding carboxylic acids is 1. The molecule has 0 radical (unpaired) electrons. The highest BCUT2D eigenvalue weighted by Crippen LogP contribution is 2.31. The van der Waals surface area contributed by atoms with Crippen LogP contribution < -0.4 is 0 Å². The van der Waals surface area contributed by atoms with Crippen molar-refractivity contribution in [2.24, 2.45) is 0 Å². The van der Waals surface area contributed by atoms with Gasteiger partial charge in [0.15, 0.2) is 0 Å². The number of benzene rings is 2. The number of ether oxygens (including phenoxy) is 1. The van der Waals surface area contributed by atoms with Crippen LogP contribution in [-0.2, 0) is 11.2 Å². The van der Waals surface area contributed by atoms with Gasteiger partial charge in [0.05, 0.1) is 12.7 Å². The number of esters is 1. The highest BCUT2D eigenvalue weighted by molar-refractivity contribution is 5.89. The second kappa shape index (κ2) is 10.4. The van der Waals surface area contributed by atoms with Gasteiger partial charge in [0.1, 0.15) is 0 Å². The minimum atomic E-state index is -0.247. The Balaban J connectivity index is 1.67. The van der Waals surface area contributed by atoms with Gasteiger partial charge in [-0.1, -0.05) is 55.8 Å². The lowest BCUT2D eigenvalue weighted by atomic mass is 9.86. The predicted molar refractivity (Wildman–Crippen MR) is 115 cm³/mol. The standard InChI is InChI=1S/C25H33NO2/c1-3-24-14-8-11-21(22-12-7-13-23(19-22)25(27)28-2)16-18-26(24)17-15-20-9-5-4-6-10-20/h4-7,9-10,12-13,19,21,24H,3,8,11,14-18H2,1-2H3. The minimum absolute atomic E-state index is 0.247. The van der Waals surface area contributed by atoms with Gasteiger partial charge in [-0.15, -0.1) is 0 Å². The van der Waals surface area contributed by atoms with Crippen LogP contribution in [0.15, 0.2) is 54.6 Å². The van der Waals surface area contributed by atoms with Crippen LogP contribution in [0.4, 0.5) is 0 Å². The molecule has 28 heavy (non-hydrogen) atoms. The van der Waals surface area contributed by atoms with Crippen molar-refractivity contribution in [1.29, 1.82) is 0 Å². The topological polar surface area (TPSA) is 29.5 Å². The van der Waals surface area contributed by atoms with E-state index >= 15 is 0 Å². The van der Waals surface area contributed by atoms with Crippen LogP contribution >= 0.6 is 0 Å². The van der Waals surface area contributed by atoms with Gasteiger partial charge in [-0.25, -0.2) is 4.79 Å². The van der Waals surface area contributed by atoms with Gasteiger partial charge in [0.2, 0.25) is 0 Å². The zero-order chi connectivity index (χ0) is 19.8. The van der Waals surface area contributed by atoms with E-state index in [1.165, 1.54) is 43.9 Å². The van der Waals surface area contributed by atoms with Crippen LogP contribution in [0.1, 0.15) is 66.4 Å².